The molecule has 33 heavy (non-hydrogen) atoms. The average molecular weight is 566 g/mol. The highest BCUT2D eigenvalue weighted by molar-refractivity contribution is 14.0. The predicted octanol–water partition coefficient (Wildman–Crippen LogP) is 3.32. The van der Waals surface area contributed by atoms with Crippen molar-refractivity contribution in [2.45, 2.75) is 32.4 Å². The molecule has 1 fully saturated rings. The summed E-state index contributed by atoms with van der Waals surface area (Å²) in [5, 5.41) is 9.61. The van der Waals surface area contributed by atoms with E-state index in [4.69, 9.17) is 4.74 Å². The molecular formula is C25H36IN5O2. The zero-order chi connectivity index (χ0) is 22.6. The van der Waals surface area contributed by atoms with Crippen LogP contribution in [-0.4, -0.2) is 56.6 Å². The molecule has 1 atom stereocenters. The Labute approximate surface area is 214 Å². The molecule has 8 heteroatoms. The molecule has 0 radical (unpaired) electrons. The number of halogens is 1. The van der Waals surface area contributed by atoms with E-state index in [0.29, 0.717) is 12.5 Å². The van der Waals surface area contributed by atoms with Crippen LogP contribution in [0.1, 0.15) is 36.9 Å². The van der Waals surface area contributed by atoms with Gasteiger partial charge >= 0.3 is 0 Å². The number of hydrogen-bond acceptors (Lipinski definition) is 4. The van der Waals surface area contributed by atoms with Gasteiger partial charge < -0.3 is 20.7 Å². The maximum Gasteiger partial charge on any atom is 0.242 e. The first-order valence-corrected chi connectivity index (χ1v) is 11.4. The lowest BCUT2D eigenvalue weighted by Gasteiger charge is -2.29. The van der Waals surface area contributed by atoms with Gasteiger partial charge in [-0.3, -0.25) is 9.69 Å². The number of hydrogen-bond donors (Lipinski definition) is 3. The summed E-state index contributed by atoms with van der Waals surface area (Å²) >= 11 is 0. The number of carbonyl (C=O) groups excluding carboxylic acids is 1. The van der Waals surface area contributed by atoms with Crippen molar-refractivity contribution in [2.24, 2.45) is 4.99 Å². The highest BCUT2D eigenvalue weighted by Crippen LogP contribution is 2.24. The zero-order valence-corrected chi connectivity index (χ0v) is 21.9. The van der Waals surface area contributed by atoms with E-state index < -0.39 is 0 Å². The first kappa shape index (κ1) is 26.9. The monoisotopic (exact) mass is 565 g/mol. The van der Waals surface area contributed by atoms with Crippen molar-refractivity contribution in [1.29, 1.82) is 0 Å². The van der Waals surface area contributed by atoms with Crippen LogP contribution < -0.4 is 20.7 Å². The average Bonchev–Trinajstić information content (AvgIpc) is 3.37. The maximum absolute atomic E-state index is 12.3. The van der Waals surface area contributed by atoms with Crippen molar-refractivity contribution in [1.82, 2.24) is 20.9 Å². The lowest BCUT2D eigenvalue weighted by Crippen LogP contribution is -2.43. The Kier molecular flexibility index (Phi) is 12.0. The van der Waals surface area contributed by atoms with Crippen LogP contribution in [0.5, 0.6) is 5.75 Å². The third-order valence-electron chi connectivity index (χ3n) is 5.60. The number of likely N-dealkylation sites (tertiary alicyclic amines) is 1. The minimum Gasteiger partial charge on any atom is -0.497 e. The summed E-state index contributed by atoms with van der Waals surface area (Å²) in [6.45, 7) is 6.27. The molecule has 0 aromatic heterocycles. The number of benzene rings is 2. The van der Waals surface area contributed by atoms with E-state index in [-0.39, 0.29) is 42.5 Å². The zero-order valence-electron chi connectivity index (χ0n) is 19.5. The van der Waals surface area contributed by atoms with E-state index >= 15 is 0 Å². The van der Waals surface area contributed by atoms with Gasteiger partial charge in [0.25, 0.3) is 0 Å². The van der Waals surface area contributed by atoms with E-state index in [1.165, 1.54) is 18.4 Å². The number of nitrogens with one attached hydrogen (secondary N) is 3. The van der Waals surface area contributed by atoms with Gasteiger partial charge in [-0.25, -0.2) is 4.99 Å². The molecule has 2 aromatic rings. The Morgan fingerprint density at radius 1 is 1.03 bits per heavy atom. The highest BCUT2D eigenvalue weighted by atomic mass is 127. The number of methoxy groups -OCH3 is 1. The third kappa shape index (κ3) is 8.85. The summed E-state index contributed by atoms with van der Waals surface area (Å²) in [4.78, 5) is 19.3. The fraction of sp³-hybridized carbons (Fsp3) is 0.440. The van der Waals surface area contributed by atoms with Crippen LogP contribution in [0.3, 0.4) is 0 Å². The number of amides is 1. The molecule has 1 heterocycles. The molecule has 0 saturated carbocycles. The van der Waals surface area contributed by atoms with Crippen LogP contribution in [0.15, 0.2) is 59.6 Å². The normalized spacial score (nSPS) is 14.8. The second kappa shape index (κ2) is 14.7. The van der Waals surface area contributed by atoms with Crippen molar-refractivity contribution < 1.29 is 9.53 Å². The SMILES string of the molecule is CCNC(=NCC(=O)NCc1ccc(OC)cc1)NCC(c1ccccc1)N1CCCC1.I. The van der Waals surface area contributed by atoms with Gasteiger partial charge in [-0.1, -0.05) is 42.5 Å². The molecule has 7 nitrogen and oxygen atoms in total. The maximum atomic E-state index is 12.3. The van der Waals surface area contributed by atoms with Gasteiger partial charge in [-0.05, 0) is 56.1 Å². The number of guanidine groups is 1. The topological polar surface area (TPSA) is 78.0 Å². The van der Waals surface area contributed by atoms with Crippen LogP contribution in [0.25, 0.3) is 0 Å². The standard InChI is InChI=1S/C25H35N5O2.HI/c1-3-26-25(29-19-24(31)27-17-20-11-13-22(32-2)14-12-20)28-18-23(30-15-7-8-16-30)21-9-5-4-6-10-21;/h4-6,9-14,23H,3,7-8,15-19H2,1-2H3,(H,27,31)(H2,26,28,29);1H. The summed E-state index contributed by atoms with van der Waals surface area (Å²) in [7, 11) is 1.64. The largest absolute Gasteiger partial charge is 0.497 e. The second-order valence-corrected chi connectivity index (χ2v) is 7.87. The van der Waals surface area contributed by atoms with Gasteiger partial charge in [-0.2, -0.15) is 0 Å². The molecule has 0 bridgehead atoms. The minimum atomic E-state index is -0.114. The molecule has 0 spiro atoms. The lowest BCUT2D eigenvalue weighted by molar-refractivity contribution is -0.119. The molecular weight excluding hydrogens is 529 g/mol. The lowest BCUT2D eigenvalue weighted by atomic mass is 10.1. The third-order valence-corrected chi connectivity index (χ3v) is 5.60. The van der Waals surface area contributed by atoms with Crippen LogP contribution in [0, 0.1) is 0 Å². The molecule has 180 valence electrons. The van der Waals surface area contributed by atoms with Gasteiger partial charge in [-0.15, -0.1) is 24.0 Å². The predicted molar refractivity (Wildman–Crippen MR) is 144 cm³/mol. The van der Waals surface area contributed by atoms with Crippen LogP contribution >= 0.6 is 24.0 Å². The Morgan fingerprint density at radius 2 is 1.73 bits per heavy atom. The Hall–Kier alpha value is -2.33. The van der Waals surface area contributed by atoms with E-state index in [0.717, 1.165) is 37.5 Å². The molecule has 1 aliphatic heterocycles. The van der Waals surface area contributed by atoms with Gasteiger partial charge in [0.15, 0.2) is 5.96 Å². The van der Waals surface area contributed by atoms with Crippen LogP contribution in [-0.2, 0) is 11.3 Å². The van der Waals surface area contributed by atoms with Crippen molar-refractivity contribution in [2.75, 3.05) is 39.8 Å². The van der Waals surface area contributed by atoms with E-state index in [2.05, 4.69) is 50.1 Å². The molecule has 0 aliphatic carbocycles. The van der Waals surface area contributed by atoms with E-state index in [9.17, 15) is 4.79 Å². The summed E-state index contributed by atoms with van der Waals surface area (Å²) in [6.07, 6.45) is 2.48. The van der Waals surface area contributed by atoms with Gasteiger partial charge in [0.05, 0.1) is 13.2 Å². The smallest absolute Gasteiger partial charge is 0.242 e. The number of ether oxygens (including phenoxy) is 1. The number of carbonyl (C=O) groups is 1. The van der Waals surface area contributed by atoms with Crippen molar-refractivity contribution in [3.05, 3.63) is 65.7 Å². The molecule has 1 saturated heterocycles. The van der Waals surface area contributed by atoms with Crippen LogP contribution in [0.2, 0.25) is 0 Å². The Bertz CT molecular complexity index is 855. The quantitative estimate of drug-likeness (QED) is 0.234. The molecule has 3 rings (SSSR count). The fourth-order valence-electron chi connectivity index (χ4n) is 3.87. The summed E-state index contributed by atoms with van der Waals surface area (Å²) in [5.41, 5.74) is 2.32. The van der Waals surface area contributed by atoms with Crippen molar-refractivity contribution in [3.63, 3.8) is 0 Å². The number of nitrogens with zero attached hydrogens (tertiary/aromatic N) is 2. The van der Waals surface area contributed by atoms with E-state index in [1.807, 2.05) is 37.3 Å². The molecule has 2 aromatic carbocycles. The van der Waals surface area contributed by atoms with Crippen LogP contribution in [0.4, 0.5) is 0 Å². The Balaban J connectivity index is 0.00000385. The summed E-state index contributed by atoms with van der Waals surface area (Å²) in [5.74, 6) is 1.35. The summed E-state index contributed by atoms with van der Waals surface area (Å²) < 4.78 is 5.16. The first-order valence-electron chi connectivity index (χ1n) is 11.4. The van der Waals surface area contributed by atoms with Gasteiger partial charge in [0.2, 0.25) is 5.91 Å². The van der Waals surface area contributed by atoms with Crippen molar-refractivity contribution in [3.8, 4) is 5.75 Å². The second-order valence-electron chi connectivity index (χ2n) is 7.87. The minimum absolute atomic E-state index is 0. The summed E-state index contributed by atoms with van der Waals surface area (Å²) in [6, 6.07) is 18.5. The molecule has 1 amide bonds. The number of aliphatic imine (C=N–C) groups is 1. The van der Waals surface area contributed by atoms with Crippen molar-refractivity contribution >= 4 is 35.8 Å². The molecule has 1 unspecified atom stereocenters. The molecule has 1 aliphatic rings. The molecule has 3 N–H and O–H groups in total. The van der Waals surface area contributed by atoms with E-state index in [1.54, 1.807) is 7.11 Å². The van der Waals surface area contributed by atoms with Gasteiger partial charge in [0.1, 0.15) is 12.3 Å². The fourth-order valence-corrected chi connectivity index (χ4v) is 3.87. The van der Waals surface area contributed by atoms with Gasteiger partial charge in [0, 0.05) is 19.6 Å². The first-order chi connectivity index (χ1) is 15.7. The number of rotatable bonds is 10. The highest BCUT2D eigenvalue weighted by Gasteiger charge is 2.23. The Morgan fingerprint density at radius 3 is 2.36 bits per heavy atom.